The number of nitrogens with zero attached hydrogens (tertiary/aromatic N) is 3. The summed E-state index contributed by atoms with van der Waals surface area (Å²) in [5, 5.41) is 0. The van der Waals surface area contributed by atoms with Crippen molar-refractivity contribution in [1.29, 1.82) is 0 Å². The Balaban J connectivity index is 1.65. The van der Waals surface area contributed by atoms with Gasteiger partial charge in [0.1, 0.15) is 6.33 Å². The van der Waals surface area contributed by atoms with Crippen LogP contribution in [0.4, 0.5) is 0 Å². The van der Waals surface area contributed by atoms with Gasteiger partial charge in [0.15, 0.2) is 0 Å². The van der Waals surface area contributed by atoms with E-state index in [9.17, 15) is 4.79 Å². The SMILES string of the molecule is CN(C(=O)CCc1ccncn1)C1CCCCC1c1ccccc1. The summed E-state index contributed by atoms with van der Waals surface area (Å²) < 4.78 is 0. The van der Waals surface area contributed by atoms with Gasteiger partial charge in [0.25, 0.3) is 0 Å². The molecule has 2 atom stereocenters. The lowest BCUT2D eigenvalue weighted by molar-refractivity contribution is -0.132. The Kier molecular flexibility index (Phi) is 5.57. The first kappa shape index (κ1) is 16.6. The van der Waals surface area contributed by atoms with E-state index < -0.39 is 0 Å². The Morgan fingerprint density at radius 3 is 2.71 bits per heavy atom. The highest BCUT2D eigenvalue weighted by atomic mass is 16.2. The highest BCUT2D eigenvalue weighted by Gasteiger charge is 2.31. The lowest BCUT2D eigenvalue weighted by Gasteiger charge is -2.38. The van der Waals surface area contributed by atoms with Crippen LogP contribution in [0.1, 0.15) is 49.3 Å². The summed E-state index contributed by atoms with van der Waals surface area (Å²) in [7, 11) is 1.97. The fourth-order valence-electron chi connectivity index (χ4n) is 3.73. The first-order valence-corrected chi connectivity index (χ1v) is 8.81. The standard InChI is InChI=1S/C20H25N3O/c1-23(20(24)12-11-17-13-14-21-15-22-17)19-10-6-5-9-18(19)16-7-3-2-4-8-16/h2-4,7-8,13-15,18-19H,5-6,9-12H2,1H3. The van der Waals surface area contributed by atoms with E-state index in [1.165, 1.54) is 24.7 Å². The van der Waals surface area contributed by atoms with E-state index in [0.29, 0.717) is 24.8 Å². The predicted octanol–water partition coefficient (Wildman–Crippen LogP) is 3.59. The average Bonchev–Trinajstić information content (AvgIpc) is 2.67. The molecule has 2 unspecified atom stereocenters. The van der Waals surface area contributed by atoms with Crippen molar-refractivity contribution >= 4 is 5.91 Å². The molecule has 0 saturated heterocycles. The fraction of sp³-hybridized carbons (Fsp3) is 0.450. The Hall–Kier alpha value is -2.23. The van der Waals surface area contributed by atoms with Gasteiger partial charge in [-0.15, -0.1) is 0 Å². The topological polar surface area (TPSA) is 46.1 Å². The highest BCUT2D eigenvalue weighted by molar-refractivity contribution is 5.76. The quantitative estimate of drug-likeness (QED) is 0.844. The minimum absolute atomic E-state index is 0.210. The predicted molar refractivity (Wildman–Crippen MR) is 94.6 cm³/mol. The maximum Gasteiger partial charge on any atom is 0.222 e. The van der Waals surface area contributed by atoms with Crippen molar-refractivity contribution in [2.75, 3.05) is 7.05 Å². The third kappa shape index (κ3) is 3.99. The van der Waals surface area contributed by atoms with Gasteiger partial charge in [0, 0.05) is 37.3 Å². The summed E-state index contributed by atoms with van der Waals surface area (Å²) in [5.41, 5.74) is 2.28. The van der Waals surface area contributed by atoms with E-state index in [2.05, 4.69) is 40.3 Å². The third-order valence-corrected chi connectivity index (χ3v) is 5.09. The number of amides is 1. The van der Waals surface area contributed by atoms with E-state index in [1.54, 1.807) is 6.20 Å². The Morgan fingerprint density at radius 2 is 1.96 bits per heavy atom. The molecule has 1 aromatic heterocycles. The van der Waals surface area contributed by atoms with Crippen LogP contribution < -0.4 is 0 Å². The van der Waals surface area contributed by atoms with Crippen LogP contribution in [0.25, 0.3) is 0 Å². The largest absolute Gasteiger partial charge is 0.342 e. The molecule has 4 nitrogen and oxygen atoms in total. The summed E-state index contributed by atoms with van der Waals surface area (Å²) in [6, 6.07) is 12.8. The molecule has 126 valence electrons. The molecule has 0 radical (unpaired) electrons. The number of hydrogen-bond acceptors (Lipinski definition) is 3. The molecule has 1 amide bonds. The van der Waals surface area contributed by atoms with Crippen molar-refractivity contribution in [2.45, 2.75) is 50.5 Å². The summed E-state index contributed by atoms with van der Waals surface area (Å²) >= 11 is 0. The third-order valence-electron chi connectivity index (χ3n) is 5.09. The summed E-state index contributed by atoms with van der Waals surface area (Å²) in [4.78, 5) is 22.8. The van der Waals surface area contributed by atoms with Crippen molar-refractivity contribution in [2.24, 2.45) is 0 Å². The van der Waals surface area contributed by atoms with Gasteiger partial charge in [-0.05, 0) is 30.9 Å². The Bertz CT molecular complexity index is 644. The summed E-state index contributed by atoms with van der Waals surface area (Å²) in [6.45, 7) is 0. The van der Waals surface area contributed by atoms with Gasteiger partial charge >= 0.3 is 0 Å². The average molecular weight is 323 g/mol. The summed E-state index contributed by atoms with van der Waals surface area (Å²) in [6.07, 6.45) is 9.16. The zero-order valence-corrected chi connectivity index (χ0v) is 14.3. The number of benzene rings is 1. The highest BCUT2D eigenvalue weighted by Crippen LogP contribution is 2.35. The van der Waals surface area contributed by atoms with Crippen LogP contribution in [-0.4, -0.2) is 33.9 Å². The van der Waals surface area contributed by atoms with Crippen molar-refractivity contribution in [1.82, 2.24) is 14.9 Å². The number of carbonyl (C=O) groups is 1. The maximum atomic E-state index is 12.7. The lowest BCUT2D eigenvalue weighted by atomic mass is 9.79. The number of rotatable bonds is 5. The molecule has 1 aromatic carbocycles. The van der Waals surface area contributed by atoms with Crippen LogP contribution in [0.15, 0.2) is 48.9 Å². The van der Waals surface area contributed by atoms with Crippen molar-refractivity contribution < 1.29 is 4.79 Å². The number of hydrogen-bond donors (Lipinski definition) is 0. The molecule has 0 aliphatic heterocycles. The monoisotopic (exact) mass is 323 g/mol. The smallest absolute Gasteiger partial charge is 0.222 e. The van der Waals surface area contributed by atoms with E-state index >= 15 is 0 Å². The number of aryl methyl sites for hydroxylation is 1. The van der Waals surface area contributed by atoms with Crippen molar-refractivity contribution in [3.63, 3.8) is 0 Å². The van der Waals surface area contributed by atoms with Gasteiger partial charge in [0.2, 0.25) is 5.91 Å². The van der Waals surface area contributed by atoms with Crippen molar-refractivity contribution in [3.8, 4) is 0 Å². The van der Waals surface area contributed by atoms with Gasteiger partial charge in [-0.2, -0.15) is 0 Å². The maximum absolute atomic E-state index is 12.7. The van der Waals surface area contributed by atoms with Crippen LogP contribution in [-0.2, 0) is 11.2 Å². The second kappa shape index (κ2) is 8.04. The van der Waals surface area contributed by atoms with E-state index in [1.807, 2.05) is 18.0 Å². The first-order valence-electron chi connectivity index (χ1n) is 8.81. The van der Waals surface area contributed by atoms with Gasteiger partial charge in [-0.3, -0.25) is 4.79 Å². The van der Waals surface area contributed by atoms with Gasteiger partial charge in [-0.1, -0.05) is 43.2 Å². The molecule has 0 N–H and O–H groups in total. The molecule has 24 heavy (non-hydrogen) atoms. The van der Waals surface area contributed by atoms with E-state index in [-0.39, 0.29) is 5.91 Å². The van der Waals surface area contributed by atoms with Crippen LogP contribution in [0.5, 0.6) is 0 Å². The number of aromatic nitrogens is 2. The molecule has 1 aliphatic carbocycles. The van der Waals surface area contributed by atoms with E-state index in [4.69, 9.17) is 0 Å². The molecule has 1 fully saturated rings. The number of carbonyl (C=O) groups excluding carboxylic acids is 1. The first-order chi connectivity index (χ1) is 11.8. The Labute approximate surface area is 143 Å². The normalized spacial score (nSPS) is 20.5. The zero-order valence-electron chi connectivity index (χ0n) is 14.3. The van der Waals surface area contributed by atoms with Crippen LogP contribution >= 0.6 is 0 Å². The molecule has 1 saturated carbocycles. The molecular formula is C20H25N3O. The number of likely N-dealkylation sites (N-methyl/N-ethyl adjacent to an activating group) is 1. The van der Waals surface area contributed by atoms with Crippen LogP contribution in [0.2, 0.25) is 0 Å². The minimum Gasteiger partial charge on any atom is -0.342 e. The molecule has 2 aromatic rings. The molecule has 3 rings (SSSR count). The minimum atomic E-state index is 0.210. The molecule has 1 aliphatic rings. The van der Waals surface area contributed by atoms with Crippen LogP contribution in [0.3, 0.4) is 0 Å². The molecular weight excluding hydrogens is 298 g/mol. The summed E-state index contributed by atoms with van der Waals surface area (Å²) in [5.74, 6) is 0.661. The van der Waals surface area contributed by atoms with Gasteiger partial charge in [-0.25, -0.2) is 9.97 Å². The van der Waals surface area contributed by atoms with Crippen LogP contribution in [0, 0.1) is 0 Å². The lowest BCUT2D eigenvalue weighted by Crippen LogP contribution is -2.42. The molecule has 1 heterocycles. The second-order valence-corrected chi connectivity index (χ2v) is 6.57. The molecule has 0 bridgehead atoms. The van der Waals surface area contributed by atoms with Gasteiger partial charge in [0.05, 0.1) is 0 Å². The zero-order chi connectivity index (χ0) is 16.8. The molecule has 4 heteroatoms. The Morgan fingerprint density at radius 1 is 1.17 bits per heavy atom. The van der Waals surface area contributed by atoms with Crippen molar-refractivity contribution in [3.05, 3.63) is 60.2 Å². The van der Waals surface area contributed by atoms with E-state index in [0.717, 1.165) is 18.5 Å². The van der Waals surface area contributed by atoms with Gasteiger partial charge < -0.3 is 4.90 Å². The second-order valence-electron chi connectivity index (χ2n) is 6.57. The molecule has 0 spiro atoms. The fourth-order valence-corrected chi connectivity index (χ4v) is 3.73.